The van der Waals surface area contributed by atoms with Crippen LogP contribution in [0.2, 0.25) is 0 Å². The molecular weight excluding hydrogens is 326 g/mol. The third-order valence-electron chi connectivity index (χ3n) is 4.06. The molecule has 0 unspecified atom stereocenters. The van der Waals surface area contributed by atoms with Gasteiger partial charge in [-0.3, -0.25) is 4.72 Å². The molecule has 0 atom stereocenters. The Morgan fingerprint density at radius 1 is 1.00 bits per heavy atom. The van der Waals surface area contributed by atoms with Crippen LogP contribution in [0.3, 0.4) is 0 Å². The van der Waals surface area contributed by atoms with E-state index in [4.69, 9.17) is 9.47 Å². The number of hydrogen-bond donors (Lipinski definition) is 1. The van der Waals surface area contributed by atoms with E-state index >= 15 is 0 Å². The Balaban J connectivity index is 1.73. The minimum Gasteiger partial charge on any atom is -0.497 e. The van der Waals surface area contributed by atoms with Gasteiger partial charge in [0.05, 0.1) is 23.8 Å². The summed E-state index contributed by atoms with van der Waals surface area (Å²) in [5, 5.41) is 0. The lowest BCUT2D eigenvalue weighted by molar-refractivity contribution is 0.210. The maximum absolute atomic E-state index is 12.5. The molecule has 1 aliphatic carbocycles. The molecule has 2 aromatic carbocycles. The molecule has 6 heteroatoms. The molecule has 5 nitrogen and oxygen atoms in total. The van der Waals surface area contributed by atoms with E-state index in [9.17, 15) is 8.42 Å². The Morgan fingerprint density at radius 3 is 2.38 bits per heavy atom. The van der Waals surface area contributed by atoms with Gasteiger partial charge in [0.1, 0.15) is 11.5 Å². The number of nitrogens with one attached hydrogen (secondary N) is 1. The van der Waals surface area contributed by atoms with Crippen molar-refractivity contribution < 1.29 is 17.9 Å². The smallest absolute Gasteiger partial charge is 0.261 e. The molecule has 0 radical (unpaired) electrons. The molecular formula is C18H21NO4S. The van der Waals surface area contributed by atoms with E-state index in [0.717, 1.165) is 12.8 Å². The van der Waals surface area contributed by atoms with Gasteiger partial charge < -0.3 is 9.47 Å². The summed E-state index contributed by atoms with van der Waals surface area (Å²) in [6, 6.07) is 13.3. The summed E-state index contributed by atoms with van der Waals surface area (Å²) >= 11 is 0. The van der Waals surface area contributed by atoms with Gasteiger partial charge in [-0.15, -0.1) is 0 Å². The van der Waals surface area contributed by atoms with E-state index < -0.39 is 10.0 Å². The summed E-state index contributed by atoms with van der Waals surface area (Å²) in [4.78, 5) is 0.186. The van der Waals surface area contributed by atoms with Crippen molar-refractivity contribution in [1.82, 2.24) is 0 Å². The number of rotatable bonds is 6. The van der Waals surface area contributed by atoms with Crippen LogP contribution in [0.5, 0.6) is 11.5 Å². The van der Waals surface area contributed by atoms with Crippen molar-refractivity contribution in [3.8, 4) is 11.5 Å². The number of methoxy groups -OCH3 is 1. The number of sulfonamides is 1. The van der Waals surface area contributed by atoms with E-state index in [1.54, 1.807) is 30.3 Å². The van der Waals surface area contributed by atoms with Gasteiger partial charge in [-0.2, -0.15) is 0 Å². The first-order valence-corrected chi connectivity index (χ1v) is 9.49. The van der Waals surface area contributed by atoms with Crippen molar-refractivity contribution in [2.24, 2.45) is 0 Å². The molecule has 1 fully saturated rings. The molecule has 1 N–H and O–H groups in total. The summed E-state index contributed by atoms with van der Waals surface area (Å²) < 4.78 is 38.5. The first-order valence-electron chi connectivity index (χ1n) is 8.00. The molecule has 0 aromatic heterocycles. The highest BCUT2D eigenvalue weighted by atomic mass is 32.2. The lowest BCUT2D eigenvalue weighted by Crippen LogP contribution is -2.14. The Morgan fingerprint density at radius 2 is 1.71 bits per heavy atom. The third-order valence-corrected chi connectivity index (χ3v) is 5.46. The van der Waals surface area contributed by atoms with E-state index in [0.29, 0.717) is 17.2 Å². The van der Waals surface area contributed by atoms with E-state index in [1.165, 1.54) is 32.1 Å². The summed E-state index contributed by atoms with van der Waals surface area (Å²) in [7, 11) is -2.10. The van der Waals surface area contributed by atoms with Crippen molar-refractivity contribution in [3.05, 3.63) is 48.5 Å². The SMILES string of the molecule is COc1ccc(S(=O)(=O)Nc2cccc(OC3CCCC3)c2)cc1. The molecule has 0 heterocycles. The van der Waals surface area contributed by atoms with Gasteiger partial charge in [0.15, 0.2) is 0 Å². The van der Waals surface area contributed by atoms with Crippen LogP contribution in [0, 0.1) is 0 Å². The van der Waals surface area contributed by atoms with Crippen LogP contribution in [0.4, 0.5) is 5.69 Å². The van der Waals surface area contributed by atoms with Gasteiger partial charge >= 0.3 is 0 Å². The predicted octanol–water partition coefficient (Wildman–Crippen LogP) is 3.82. The second-order valence-electron chi connectivity index (χ2n) is 5.83. The molecule has 1 saturated carbocycles. The van der Waals surface area contributed by atoms with Crippen molar-refractivity contribution in [2.45, 2.75) is 36.7 Å². The highest BCUT2D eigenvalue weighted by Gasteiger charge is 2.18. The van der Waals surface area contributed by atoms with Crippen LogP contribution >= 0.6 is 0 Å². The quantitative estimate of drug-likeness (QED) is 0.863. The van der Waals surface area contributed by atoms with Crippen molar-refractivity contribution >= 4 is 15.7 Å². The zero-order chi connectivity index (χ0) is 17.0. The monoisotopic (exact) mass is 347 g/mol. The molecule has 0 amide bonds. The average Bonchev–Trinajstić information content (AvgIpc) is 3.08. The van der Waals surface area contributed by atoms with Crippen LogP contribution in [0.1, 0.15) is 25.7 Å². The molecule has 0 aliphatic heterocycles. The minimum atomic E-state index is -3.64. The second kappa shape index (κ2) is 7.13. The summed E-state index contributed by atoms with van der Waals surface area (Å²) in [6.45, 7) is 0. The topological polar surface area (TPSA) is 64.6 Å². The first kappa shape index (κ1) is 16.6. The molecule has 3 rings (SSSR count). The Bertz CT molecular complexity index is 781. The maximum atomic E-state index is 12.5. The van der Waals surface area contributed by atoms with Crippen molar-refractivity contribution in [3.63, 3.8) is 0 Å². The van der Waals surface area contributed by atoms with Crippen molar-refractivity contribution in [1.29, 1.82) is 0 Å². The van der Waals surface area contributed by atoms with Crippen LogP contribution in [-0.4, -0.2) is 21.6 Å². The summed E-state index contributed by atoms with van der Waals surface area (Å²) in [5.74, 6) is 1.30. The molecule has 2 aromatic rings. The number of hydrogen-bond acceptors (Lipinski definition) is 4. The van der Waals surface area contributed by atoms with Gasteiger partial charge in [0.25, 0.3) is 10.0 Å². The van der Waals surface area contributed by atoms with Gasteiger partial charge in [-0.25, -0.2) is 8.42 Å². The standard InChI is InChI=1S/C18H21NO4S/c1-22-15-9-11-18(12-10-15)24(20,21)19-14-5-4-8-17(13-14)23-16-6-2-3-7-16/h4-5,8-13,16,19H,2-3,6-7H2,1H3. The zero-order valence-corrected chi connectivity index (χ0v) is 14.4. The number of benzene rings is 2. The second-order valence-corrected chi connectivity index (χ2v) is 7.52. The van der Waals surface area contributed by atoms with E-state index in [1.807, 2.05) is 6.07 Å². The number of ether oxygens (including phenoxy) is 2. The molecule has 128 valence electrons. The fraction of sp³-hybridized carbons (Fsp3) is 0.333. The minimum absolute atomic E-state index is 0.186. The van der Waals surface area contributed by atoms with Gasteiger partial charge in [0.2, 0.25) is 0 Å². The fourth-order valence-corrected chi connectivity index (χ4v) is 3.85. The molecule has 0 spiro atoms. The van der Waals surface area contributed by atoms with Gasteiger partial charge in [-0.1, -0.05) is 6.07 Å². The highest BCUT2D eigenvalue weighted by molar-refractivity contribution is 7.92. The van der Waals surface area contributed by atoms with Crippen LogP contribution in [0.15, 0.2) is 53.4 Å². The predicted molar refractivity (Wildman–Crippen MR) is 93.1 cm³/mol. The Kier molecular flexibility index (Phi) is 4.94. The largest absolute Gasteiger partial charge is 0.497 e. The molecule has 24 heavy (non-hydrogen) atoms. The van der Waals surface area contributed by atoms with Gasteiger partial charge in [0, 0.05) is 6.07 Å². The summed E-state index contributed by atoms with van der Waals surface area (Å²) in [5.41, 5.74) is 0.487. The maximum Gasteiger partial charge on any atom is 0.261 e. The molecule has 0 bridgehead atoms. The fourth-order valence-electron chi connectivity index (χ4n) is 2.80. The normalized spacial score (nSPS) is 15.2. The Hall–Kier alpha value is -2.21. The van der Waals surface area contributed by atoms with Crippen LogP contribution in [0.25, 0.3) is 0 Å². The Labute approximate surface area is 142 Å². The zero-order valence-electron chi connectivity index (χ0n) is 13.6. The average molecular weight is 347 g/mol. The lowest BCUT2D eigenvalue weighted by Gasteiger charge is -2.14. The van der Waals surface area contributed by atoms with Gasteiger partial charge in [-0.05, 0) is 62.1 Å². The lowest BCUT2D eigenvalue weighted by atomic mass is 10.3. The number of anilines is 1. The summed E-state index contributed by atoms with van der Waals surface area (Å²) in [6.07, 6.45) is 4.73. The molecule has 0 saturated heterocycles. The van der Waals surface area contributed by atoms with Crippen molar-refractivity contribution in [2.75, 3.05) is 11.8 Å². The van der Waals surface area contributed by atoms with E-state index in [2.05, 4.69) is 4.72 Å². The molecule has 1 aliphatic rings. The van der Waals surface area contributed by atoms with Crippen LogP contribution in [-0.2, 0) is 10.0 Å². The van der Waals surface area contributed by atoms with E-state index in [-0.39, 0.29) is 11.0 Å². The third kappa shape index (κ3) is 4.00. The highest BCUT2D eigenvalue weighted by Crippen LogP contribution is 2.27. The van der Waals surface area contributed by atoms with Crippen LogP contribution < -0.4 is 14.2 Å². The first-order chi connectivity index (χ1) is 11.6.